The van der Waals surface area contributed by atoms with E-state index in [4.69, 9.17) is 16.3 Å². The predicted molar refractivity (Wildman–Crippen MR) is 84.7 cm³/mol. The lowest BCUT2D eigenvalue weighted by molar-refractivity contribution is 0.0731. The van der Waals surface area contributed by atoms with E-state index in [-0.39, 0.29) is 5.91 Å². The number of benzene rings is 1. The van der Waals surface area contributed by atoms with Crippen LogP contribution in [0.1, 0.15) is 23.7 Å². The van der Waals surface area contributed by atoms with Crippen molar-refractivity contribution in [1.82, 2.24) is 4.90 Å². The van der Waals surface area contributed by atoms with Gasteiger partial charge < -0.3 is 9.64 Å². The molecule has 0 saturated carbocycles. The Labute approximate surface area is 132 Å². The van der Waals surface area contributed by atoms with Gasteiger partial charge in [0, 0.05) is 34.7 Å². The van der Waals surface area contributed by atoms with E-state index in [1.54, 1.807) is 6.07 Å². The third-order valence-electron chi connectivity index (χ3n) is 3.34. The first-order valence-electron chi connectivity index (χ1n) is 6.44. The van der Waals surface area contributed by atoms with Crippen molar-refractivity contribution in [1.29, 1.82) is 0 Å². The summed E-state index contributed by atoms with van der Waals surface area (Å²) in [6.45, 7) is 5.04. The van der Waals surface area contributed by atoms with Gasteiger partial charge in [-0.1, -0.05) is 11.6 Å². The summed E-state index contributed by atoms with van der Waals surface area (Å²) in [4.78, 5) is 14.3. The summed E-state index contributed by atoms with van der Waals surface area (Å²) in [5.41, 5.74) is 0.659. The molecule has 0 bridgehead atoms. The zero-order chi connectivity index (χ0) is 13.8. The summed E-state index contributed by atoms with van der Waals surface area (Å²) in [6.07, 6.45) is 1.04. The predicted octanol–water partition coefficient (Wildman–Crippen LogP) is 3.44. The highest BCUT2D eigenvalue weighted by molar-refractivity contribution is 14.1. The average Bonchev–Trinajstić information content (AvgIpc) is 2.91. The molecule has 1 heterocycles. The molecule has 104 valence electrons. The number of hydrogen-bond acceptors (Lipinski definition) is 2. The Bertz CT molecular complexity index is 461. The van der Waals surface area contributed by atoms with Crippen LogP contribution in [0.5, 0.6) is 0 Å². The fraction of sp³-hybridized carbons (Fsp3) is 0.500. The molecular formula is C14H17ClINO2. The van der Waals surface area contributed by atoms with Crippen molar-refractivity contribution in [2.45, 2.75) is 13.3 Å². The highest BCUT2D eigenvalue weighted by atomic mass is 127. The minimum Gasteiger partial charge on any atom is -0.381 e. The highest BCUT2D eigenvalue weighted by Gasteiger charge is 2.22. The van der Waals surface area contributed by atoms with Gasteiger partial charge in [-0.15, -0.1) is 0 Å². The number of hydrogen-bond donors (Lipinski definition) is 0. The lowest BCUT2D eigenvalue weighted by atomic mass is 10.1. The molecule has 1 aliphatic rings. The molecule has 0 aromatic heterocycles. The first kappa shape index (κ1) is 15.1. The second kappa shape index (κ2) is 6.90. The number of nitrogens with zero attached hydrogens (tertiary/aromatic N) is 1. The van der Waals surface area contributed by atoms with Crippen molar-refractivity contribution in [3.05, 3.63) is 32.4 Å². The largest absolute Gasteiger partial charge is 0.381 e. The number of rotatable bonds is 4. The molecule has 1 aromatic carbocycles. The van der Waals surface area contributed by atoms with Crippen LogP contribution in [0.25, 0.3) is 0 Å². The van der Waals surface area contributed by atoms with Crippen LogP contribution in [0.15, 0.2) is 18.2 Å². The van der Waals surface area contributed by atoms with Crippen LogP contribution in [0.3, 0.4) is 0 Å². The van der Waals surface area contributed by atoms with Gasteiger partial charge in [0.1, 0.15) is 0 Å². The van der Waals surface area contributed by atoms with E-state index < -0.39 is 0 Å². The van der Waals surface area contributed by atoms with Gasteiger partial charge in [0.2, 0.25) is 0 Å². The van der Waals surface area contributed by atoms with Crippen molar-refractivity contribution in [3.63, 3.8) is 0 Å². The second-order valence-corrected chi connectivity index (χ2v) is 6.27. The van der Waals surface area contributed by atoms with Crippen molar-refractivity contribution in [2.75, 3.05) is 26.3 Å². The maximum absolute atomic E-state index is 12.5. The van der Waals surface area contributed by atoms with Gasteiger partial charge in [0.15, 0.2) is 0 Å². The first-order valence-corrected chi connectivity index (χ1v) is 7.89. The summed E-state index contributed by atoms with van der Waals surface area (Å²) < 4.78 is 6.32. The van der Waals surface area contributed by atoms with Crippen LogP contribution in [-0.2, 0) is 4.74 Å². The maximum Gasteiger partial charge on any atom is 0.253 e. The van der Waals surface area contributed by atoms with Gasteiger partial charge in [0.05, 0.1) is 11.6 Å². The third-order valence-corrected chi connectivity index (χ3v) is 4.91. The number of halogens is 2. The van der Waals surface area contributed by atoms with Crippen molar-refractivity contribution >= 4 is 40.1 Å². The Balaban J connectivity index is 2.08. The molecule has 1 saturated heterocycles. The Morgan fingerprint density at radius 3 is 2.95 bits per heavy atom. The molecule has 3 nitrogen and oxygen atoms in total. The van der Waals surface area contributed by atoms with E-state index in [0.717, 1.165) is 29.7 Å². The zero-order valence-electron chi connectivity index (χ0n) is 10.9. The number of carbonyl (C=O) groups excluding carboxylic acids is 1. The van der Waals surface area contributed by atoms with Gasteiger partial charge in [-0.2, -0.15) is 0 Å². The van der Waals surface area contributed by atoms with Gasteiger partial charge in [-0.25, -0.2) is 0 Å². The van der Waals surface area contributed by atoms with Crippen molar-refractivity contribution in [2.24, 2.45) is 5.92 Å². The molecule has 1 aliphatic heterocycles. The number of amides is 1. The molecule has 1 amide bonds. The summed E-state index contributed by atoms with van der Waals surface area (Å²) in [6, 6.07) is 5.46. The van der Waals surface area contributed by atoms with Crippen LogP contribution in [-0.4, -0.2) is 37.1 Å². The zero-order valence-corrected chi connectivity index (χ0v) is 13.8. The number of ether oxygens (including phenoxy) is 1. The second-order valence-electron chi connectivity index (χ2n) is 4.70. The Kier molecular flexibility index (Phi) is 5.47. The van der Waals surface area contributed by atoms with Crippen LogP contribution in [0, 0.1) is 9.49 Å². The van der Waals surface area contributed by atoms with Crippen LogP contribution < -0.4 is 0 Å². The van der Waals surface area contributed by atoms with E-state index in [0.29, 0.717) is 23.0 Å². The molecule has 1 unspecified atom stereocenters. The van der Waals surface area contributed by atoms with E-state index in [1.807, 2.05) is 24.0 Å². The fourth-order valence-corrected chi connectivity index (χ4v) is 2.72. The third kappa shape index (κ3) is 3.83. The van der Waals surface area contributed by atoms with Crippen LogP contribution >= 0.6 is 34.2 Å². The summed E-state index contributed by atoms with van der Waals surface area (Å²) in [5.74, 6) is 0.510. The Morgan fingerprint density at radius 1 is 1.58 bits per heavy atom. The molecule has 0 aliphatic carbocycles. The fourth-order valence-electron chi connectivity index (χ4n) is 2.21. The summed E-state index contributed by atoms with van der Waals surface area (Å²) in [5, 5.41) is 0.631. The van der Waals surface area contributed by atoms with E-state index in [9.17, 15) is 4.79 Å². The maximum atomic E-state index is 12.5. The normalized spacial score (nSPS) is 18.6. The van der Waals surface area contributed by atoms with Crippen LogP contribution in [0.2, 0.25) is 5.02 Å². The van der Waals surface area contributed by atoms with Crippen molar-refractivity contribution < 1.29 is 9.53 Å². The minimum atomic E-state index is 0.0488. The Hall–Kier alpha value is -0.330. The van der Waals surface area contributed by atoms with E-state index in [2.05, 4.69) is 22.6 Å². The molecule has 1 fully saturated rings. The molecule has 5 heteroatoms. The van der Waals surface area contributed by atoms with E-state index >= 15 is 0 Å². The summed E-state index contributed by atoms with van der Waals surface area (Å²) in [7, 11) is 0. The minimum absolute atomic E-state index is 0.0488. The van der Waals surface area contributed by atoms with E-state index in [1.165, 1.54) is 0 Å². The van der Waals surface area contributed by atoms with Crippen LogP contribution in [0.4, 0.5) is 0 Å². The van der Waals surface area contributed by atoms with Gasteiger partial charge in [-0.05, 0) is 54.1 Å². The summed E-state index contributed by atoms with van der Waals surface area (Å²) >= 11 is 8.24. The SMILES string of the molecule is CCN(CC1CCOC1)C(=O)c1ccc(I)c(Cl)c1. The number of carbonyl (C=O) groups is 1. The highest BCUT2D eigenvalue weighted by Crippen LogP contribution is 2.21. The molecule has 19 heavy (non-hydrogen) atoms. The topological polar surface area (TPSA) is 29.5 Å². The molecule has 1 atom stereocenters. The molecule has 0 radical (unpaired) electrons. The molecule has 0 N–H and O–H groups in total. The van der Waals surface area contributed by atoms with Crippen molar-refractivity contribution in [3.8, 4) is 0 Å². The van der Waals surface area contributed by atoms with Gasteiger partial charge >= 0.3 is 0 Å². The lowest BCUT2D eigenvalue weighted by Gasteiger charge is -2.24. The smallest absolute Gasteiger partial charge is 0.253 e. The first-order chi connectivity index (χ1) is 9.11. The Morgan fingerprint density at radius 2 is 2.37 bits per heavy atom. The lowest BCUT2D eigenvalue weighted by Crippen LogP contribution is -2.35. The molecule has 0 spiro atoms. The van der Waals surface area contributed by atoms with Gasteiger partial charge in [0.25, 0.3) is 5.91 Å². The average molecular weight is 394 g/mol. The quantitative estimate of drug-likeness (QED) is 0.734. The molecule has 2 rings (SSSR count). The monoisotopic (exact) mass is 393 g/mol. The molecular weight excluding hydrogens is 377 g/mol. The molecule has 1 aromatic rings. The standard InChI is InChI=1S/C14H17ClINO2/c1-2-17(8-10-5-6-19-9-10)14(18)11-3-4-13(16)12(15)7-11/h3-4,7,10H,2,5-6,8-9H2,1H3. The van der Waals surface area contributed by atoms with Gasteiger partial charge in [-0.3, -0.25) is 4.79 Å².